The normalized spacial score (nSPS) is 14.4. The molecule has 8 heteroatoms. The molecule has 0 spiro atoms. The van der Waals surface area contributed by atoms with Crippen molar-refractivity contribution in [2.24, 2.45) is 5.92 Å². The summed E-state index contributed by atoms with van der Waals surface area (Å²) in [6.07, 6.45) is 4.37. The van der Waals surface area contributed by atoms with E-state index >= 15 is 0 Å². The lowest BCUT2D eigenvalue weighted by molar-refractivity contribution is -0.126. The van der Waals surface area contributed by atoms with Crippen molar-refractivity contribution in [2.45, 2.75) is 26.3 Å². The van der Waals surface area contributed by atoms with Gasteiger partial charge in [-0.2, -0.15) is 5.10 Å². The molecule has 1 saturated heterocycles. The Kier molecular flexibility index (Phi) is 6.55. The highest BCUT2D eigenvalue weighted by atomic mass is 35.5. The van der Waals surface area contributed by atoms with Crippen LogP contribution in [0.3, 0.4) is 0 Å². The maximum absolute atomic E-state index is 13.7. The first kappa shape index (κ1) is 22.0. The van der Waals surface area contributed by atoms with Gasteiger partial charge in [-0.15, -0.1) is 0 Å². The Bertz CT molecular complexity index is 1140. The number of carbonyl (C=O) groups is 2. The smallest absolute Gasteiger partial charge is 0.257 e. The zero-order valence-corrected chi connectivity index (χ0v) is 18.5. The first-order chi connectivity index (χ1) is 15.4. The van der Waals surface area contributed by atoms with Gasteiger partial charge >= 0.3 is 0 Å². The average Bonchev–Trinajstić information content (AvgIpc) is 3.29. The summed E-state index contributed by atoms with van der Waals surface area (Å²) in [7, 11) is 0. The minimum atomic E-state index is -0.276. The molecule has 0 radical (unpaired) electrons. The van der Waals surface area contributed by atoms with Crippen LogP contribution in [-0.2, 0) is 11.3 Å². The lowest BCUT2D eigenvalue weighted by Crippen LogP contribution is -2.42. The molecule has 4 rings (SSSR count). The number of aromatic nitrogens is 2. The third-order valence-corrected chi connectivity index (χ3v) is 6.10. The van der Waals surface area contributed by atoms with Crippen LogP contribution in [0, 0.1) is 18.7 Å². The molecule has 1 aliphatic rings. The van der Waals surface area contributed by atoms with Crippen LogP contribution in [0.1, 0.15) is 34.3 Å². The van der Waals surface area contributed by atoms with E-state index < -0.39 is 0 Å². The summed E-state index contributed by atoms with van der Waals surface area (Å²) in [6, 6.07) is 12.2. The van der Waals surface area contributed by atoms with Crippen molar-refractivity contribution in [3.05, 3.63) is 82.4 Å². The molecule has 2 amide bonds. The first-order valence-electron chi connectivity index (χ1n) is 10.5. The number of benzene rings is 2. The molecular formula is C24H24ClFN4O2. The Morgan fingerprint density at radius 3 is 2.66 bits per heavy atom. The molecular weight excluding hydrogens is 431 g/mol. The van der Waals surface area contributed by atoms with Crippen molar-refractivity contribution in [1.29, 1.82) is 0 Å². The van der Waals surface area contributed by atoms with Crippen molar-refractivity contribution in [3.8, 4) is 5.69 Å². The van der Waals surface area contributed by atoms with Crippen molar-refractivity contribution >= 4 is 23.4 Å². The highest BCUT2D eigenvalue weighted by Crippen LogP contribution is 2.22. The van der Waals surface area contributed by atoms with E-state index in [1.807, 2.05) is 24.3 Å². The molecule has 1 fully saturated rings. The topological polar surface area (TPSA) is 67.2 Å². The van der Waals surface area contributed by atoms with E-state index in [2.05, 4.69) is 10.4 Å². The van der Waals surface area contributed by atoms with Crippen molar-refractivity contribution in [3.63, 3.8) is 0 Å². The van der Waals surface area contributed by atoms with Gasteiger partial charge in [-0.1, -0.05) is 35.9 Å². The lowest BCUT2D eigenvalue weighted by atomic mass is 9.95. The number of halogens is 2. The fourth-order valence-electron chi connectivity index (χ4n) is 3.81. The lowest BCUT2D eigenvalue weighted by Gasteiger charge is -2.31. The summed E-state index contributed by atoms with van der Waals surface area (Å²) in [6.45, 7) is 2.98. The van der Waals surface area contributed by atoms with Crippen molar-refractivity contribution in [2.75, 3.05) is 13.1 Å². The Hall–Kier alpha value is -3.19. The highest BCUT2D eigenvalue weighted by molar-refractivity contribution is 6.32. The number of para-hydroxylation sites is 1. The molecule has 2 aromatic carbocycles. The molecule has 2 heterocycles. The van der Waals surface area contributed by atoms with Gasteiger partial charge in [0.05, 0.1) is 22.5 Å². The van der Waals surface area contributed by atoms with Crippen LogP contribution in [0.4, 0.5) is 4.39 Å². The summed E-state index contributed by atoms with van der Waals surface area (Å²) < 4.78 is 15.3. The quantitative estimate of drug-likeness (QED) is 0.630. The molecule has 1 aromatic heterocycles. The molecule has 32 heavy (non-hydrogen) atoms. The second-order valence-corrected chi connectivity index (χ2v) is 8.40. The predicted molar refractivity (Wildman–Crippen MR) is 120 cm³/mol. The summed E-state index contributed by atoms with van der Waals surface area (Å²) in [5, 5.41) is 7.70. The largest absolute Gasteiger partial charge is 0.352 e. The number of amides is 2. The summed E-state index contributed by atoms with van der Waals surface area (Å²) >= 11 is 6.21. The van der Waals surface area contributed by atoms with Gasteiger partial charge in [-0.25, -0.2) is 9.07 Å². The number of piperidine rings is 1. The zero-order valence-electron chi connectivity index (χ0n) is 17.7. The fraction of sp³-hybridized carbons (Fsp3) is 0.292. The van der Waals surface area contributed by atoms with E-state index in [1.54, 1.807) is 34.8 Å². The number of likely N-dealkylation sites (tertiary alicyclic amines) is 1. The van der Waals surface area contributed by atoms with E-state index in [9.17, 15) is 14.0 Å². The van der Waals surface area contributed by atoms with Crippen LogP contribution >= 0.6 is 11.6 Å². The van der Waals surface area contributed by atoms with Crippen LogP contribution in [-0.4, -0.2) is 39.6 Å². The standard InChI is InChI=1S/C24H24ClFN4O2/c1-16-6-7-17(12-21(16)26)13-27-23(31)18-8-10-29(11-9-18)24(32)19-14-28-30(15-19)22-5-3-2-4-20(22)25/h2-7,12,14-15,18H,8-11,13H2,1H3,(H,27,31). The molecule has 0 bridgehead atoms. The van der Waals surface area contributed by atoms with Gasteiger partial charge in [0.1, 0.15) is 5.82 Å². The number of carbonyl (C=O) groups excluding carboxylic acids is 2. The molecule has 166 valence electrons. The van der Waals surface area contributed by atoms with Gasteiger partial charge in [0.25, 0.3) is 5.91 Å². The van der Waals surface area contributed by atoms with Crippen molar-refractivity contribution < 1.29 is 14.0 Å². The number of hydrogen-bond acceptors (Lipinski definition) is 3. The second kappa shape index (κ2) is 9.53. The van der Waals surface area contributed by atoms with E-state index in [0.29, 0.717) is 47.8 Å². The highest BCUT2D eigenvalue weighted by Gasteiger charge is 2.28. The minimum Gasteiger partial charge on any atom is -0.352 e. The van der Waals surface area contributed by atoms with Gasteiger partial charge < -0.3 is 10.2 Å². The molecule has 6 nitrogen and oxygen atoms in total. The molecule has 0 unspecified atom stereocenters. The Balaban J connectivity index is 1.30. The average molecular weight is 455 g/mol. The third kappa shape index (κ3) is 4.83. The SMILES string of the molecule is Cc1ccc(CNC(=O)C2CCN(C(=O)c3cnn(-c4ccccc4Cl)c3)CC2)cc1F. The summed E-state index contributed by atoms with van der Waals surface area (Å²) in [5.74, 6) is -0.622. The molecule has 1 N–H and O–H groups in total. The van der Waals surface area contributed by atoms with Gasteiger partial charge in [-0.05, 0) is 49.1 Å². The van der Waals surface area contributed by atoms with Gasteiger partial charge in [0, 0.05) is 31.7 Å². The van der Waals surface area contributed by atoms with Crippen LogP contribution in [0.2, 0.25) is 5.02 Å². The second-order valence-electron chi connectivity index (χ2n) is 7.99. The number of rotatable bonds is 5. The predicted octanol–water partition coefficient (Wildman–Crippen LogP) is 4.14. The molecule has 0 saturated carbocycles. The molecule has 3 aromatic rings. The Labute approximate surface area is 191 Å². The number of nitrogens with one attached hydrogen (secondary N) is 1. The summed E-state index contributed by atoms with van der Waals surface area (Å²) in [5.41, 5.74) is 2.49. The van der Waals surface area contributed by atoms with E-state index in [0.717, 1.165) is 5.56 Å². The van der Waals surface area contributed by atoms with Gasteiger partial charge in [0.15, 0.2) is 0 Å². The van der Waals surface area contributed by atoms with Gasteiger partial charge in [0.2, 0.25) is 5.91 Å². The summed E-state index contributed by atoms with van der Waals surface area (Å²) in [4.78, 5) is 27.2. The van der Waals surface area contributed by atoms with Crippen LogP contribution in [0.15, 0.2) is 54.9 Å². The van der Waals surface area contributed by atoms with Crippen molar-refractivity contribution in [1.82, 2.24) is 20.0 Å². The van der Waals surface area contributed by atoms with Crippen LogP contribution < -0.4 is 5.32 Å². The van der Waals surface area contributed by atoms with E-state index in [4.69, 9.17) is 11.6 Å². The van der Waals surface area contributed by atoms with E-state index in [-0.39, 0.29) is 30.1 Å². The molecule has 0 atom stereocenters. The first-order valence-corrected chi connectivity index (χ1v) is 10.9. The van der Waals surface area contributed by atoms with Gasteiger partial charge in [-0.3, -0.25) is 9.59 Å². The zero-order chi connectivity index (χ0) is 22.7. The Morgan fingerprint density at radius 2 is 1.94 bits per heavy atom. The number of aryl methyl sites for hydroxylation is 1. The van der Waals surface area contributed by atoms with Crippen LogP contribution in [0.5, 0.6) is 0 Å². The maximum Gasteiger partial charge on any atom is 0.257 e. The van der Waals surface area contributed by atoms with E-state index in [1.165, 1.54) is 12.3 Å². The fourth-order valence-corrected chi connectivity index (χ4v) is 4.03. The maximum atomic E-state index is 13.7. The Morgan fingerprint density at radius 1 is 1.19 bits per heavy atom. The monoisotopic (exact) mass is 454 g/mol. The minimum absolute atomic E-state index is 0.0652. The number of hydrogen-bond donors (Lipinski definition) is 1. The third-order valence-electron chi connectivity index (χ3n) is 5.78. The number of nitrogens with zero attached hydrogens (tertiary/aromatic N) is 3. The molecule has 0 aliphatic carbocycles. The molecule has 1 aliphatic heterocycles. The van der Waals surface area contributed by atoms with Crippen LogP contribution in [0.25, 0.3) is 5.69 Å².